The van der Waals surface area contributed by atoms with Crippen molar-refractivity contribution in [2.24, 2.45) is 11.7 Å². The van der Waals surface area contributed by atoms with Gasteiger partial charge in [0.2, 0.25) is 11.8 Å². The van der Waals surface area contributed by atoms with Crippen LogP contribution < -0.4 is 5.73 Å². The molecule has 0 spiro atoms. The first-order valence-electron chi connectivity index (χ1n) is 20.6. The minimum atomic E-state index is -0.342. The first-order chi connectivity index (χ1) is 28.7. The molecule has 59 heavy (non-hydrogen) atoms. The summed E-state index contributed by atoms with van der Waals surface area (Å²) in [5.41, 5.74) is 10.1. The highest BCUT2D eigenvalue weighted by Crippen LogP contribution is 2.37. The minimum Gasteiger partial charge on any atom is -0.471 e. The maximum atomic E-state index is 15.6. The quantitative estimate of drug-likeness (QED) is 0.101. The molecule has 4 heterocycles. The van der Waals surface area contributed by atoms with Crippen molar-refractivity contribution in [3.63, 3.8) is 0 Å². The van der Waals surface area contributed by atoms with Gasteiger partial charge in [-0.05, 0) is 86.1 Å². The van der Waals surface area contributed by atoms with Crippen molar-refractivity contribution in [2.45, 2.75) is 77.9 Å². The van der Waals surface area contributed by atoms with Crippen LogP contribution in [-0.2, 0) is 19.1 Å². The van der Waals surface area contributed by atoms with E-state index in [0.717, 1.165) is 79.1 Å². The Morgan fingerprint density at radius 2 is 1.39 bits per heavy atom. The number of amides is 2. The second-order valence-corrected chi connectivity index (χ2v) is 15.0. The van der Waals surface area contributed by atoms with E-state index in [1.54, 1.807) is 18.3 Å². The van der Waals surface area contributed by atoms with E-state index >= 15 is 4.39 Å². The molecule has 0 saturated carbocycles. The van der Waals surface area contributed by atoms with Crippen molar-refractivity contribution >= 4 is 18.3 Å². The molecule has 3 atom stereocenters. The number of benzene rings is 3. The van der Waals surface area contributed by atoms with Gasteiger partial charge < -0.3 is 30.2 Å². The molecule has 3 aromatic carbocycles. The van der Waals surface area contributed by atoms with Gasteiger partial charge in [0.25, 0.3) is 6.47 Å². The number of methoxy groups -OCH3 is 1. The standard InChI is InChI=1S/C43H50FN7O2.C2H4O2.CH5N/c1-5-49(6-2)40(31-12-8-7-9-13-31)43(53)51-23-11-15-38(51)42-45-26-35(47-42)30-18-16-29(17-19-30)32-20-21-33(34(44)25-32)36-27-46-41(48-36)37-14-10-22-50(37)39(52)24-28(3)4;1-4-2-3;1-2/h7-9,12-13,16-21,25-28,37-38,40H,5-6,10-11,14-15,22-24H2,1-4H3,(H,45,47)(H,46,48);2H,1H3;2H2,1H3/t37-,38-,40+;;/m0../s1. The lowest BCUT2D eigenvalue weighted by Crippen LogP contribution is -2.43. The number of imidazole rings is 2. The zero-order chi connectivity index (χ0) is 42.5. The van der Waals surface area contributed by atoms with Gasteiger partial charge in [-0.25, -0.2) is 14.4 Å². The summed E-state index contributed by atoms with van der Waals surface area (Å²) in [5.74, 6) is 1.71. The van der Waals surface area contributed by atoms with Crippen molar-refractivity contribution in [3.8, 4) is 33.6 Å². The Morgan fingerprint density at radius 3 is 1.97 bits per heavy atom. The number of aromatic nitrogens is 4. The summed E-state index contributed by atoms with van der Waals surface area (Å²) in [6.45, 7) is 11.7. The molecule has 2 amide bonds. The van der Waals surface area contributed by atoms with Gasteiger partial charge in [-0.15, -0.1) is 0 Å². The van der Waals surface area contributed by atoms with E-state index < -0.39 is 0 Å². The average Bonchev–Trinajstić information content (AvgIpc) is 4.11. The normalized spacial score (nSPS) is 16.6. The SMILES string of the molecule is CCN(CC)[C@@H](C(=O)N1CCC[C@H]1c1ncc(-c2ccc(-c3ccc(-c4cnc([C@@H]5CCCN5C(=O)CC(C)C)[nH]4)c(F)c3)cc2)[nH]1)c1ccccc1.CN.COC=O. The summed E-state index contributed by atoms with van der Waals surface area (Å²) >= 11 is 0. The summed E-state index contributed by atoms with van der Waals surface area (Å²) in [7, 11) is 2.81. The number of likely N-dealkylation sites (N-methyl/N-ethyl adjacent to an activating group) is 1. The molecule has 4 N–H and O–H groups in total. The van der Waals surface area contributed by atoms with Gasteiger partial charge in [0.15, 0.2) is 0 Å². The van der Waals surface area contributed by atoms with Crippen LogP contribution in [0.1, 0.15) is 95.1 Å². The van der Waals surface area contributed by atoms with Gasteiger partial charge in [-0.3, -0.25) is 19.3 Å². The number of halogens is 1. The van der Waals surface area contributed by atoms with Gasteiger partial charge in [0.05, 0.1) is 43.0 Å². The van der Waals surface area contributed by atoms with E-state index in [0.29, 0.717) is 42.4 Å². The molecular weight excluding hydrogens is 748 g/mol. The largest absolute Gasteiger partial charge is 0.471 e. The van der Waals surface area contributed by atoms with Crippen molar-refractivity contribution in [1.29, 1.82) is 0 Å². The van der Waals surface area contributed by atoms with E-state index in [9.17, 15) is 9.59 Å². The van der Waals surface area contributed by atoms with Crippen LogP contribution in [0, 0.1) is 11.7 Å². The third kappa shape index (κ3) is 10.5. The molecule has 2 aliphatic rings. The highest BCUT2D eigenvalue weighted by atomic mass is 19.1. The molecule has 2 saturated heterocycles. The number of hydrogen-bond acceptors (Lipinski definition) is 8. The number of carbonyl (C=O) groups is 3. The lowest BCUT2D eigenvalue weighted by Gasteiger charge is -2.34. The molecule has 0 aliphatic carbocycles. The Morgan fingerprint density at radius 1 is 0.847 bits per heavy atom. The Bertz CT molecular complexity index is 2100. The van der Waals surface area contributed by atoms with E-state index in [4.69, 9.17) is 9.78 Å². The molecule has 314 valence electrons. The summed E-state index contributed by atoms with van der Waals surface area (Å²) in [6.07, 6.45) is 7.57. The van der Waals surface area contributed by atoms with Crippen LogP contribution in [0.15, 0.2) is 85.2 Å². The number of rotatable bonds is 13. The molecular formula is C46H59FN8O4. The molecule has 0 bridgehead atoms. The fraction of sp³-hybridized carbons (Fsp3) is 0.413. The van der Waals surface area contributed by atoms with Crippen LogP contribution in [0.4, 0.5) is 4.39 Å². The van der Waals surface area contributed by atoms with E-state index in [2.05, 4.69) is 58.0 Å². The highest BCUT2D eigenvalue weighted by molar-refractivity contribution is 5.84. The number of nitrogens with one attached hydrogen (secondary N) is 2. The average molecular weight is 807 g/mol. The number of hydrogen-bond donors (Lipinski definition) is 3. The molecule has 2 fully saturated rings. The van der Waals surface area contributed by atoms with Crippen LogP contribution in [0.5, 0.6) is 0 Å². The minimum absolute atomic E-state index is 0.106. The predicted molar refractivity (Wildman–Crippen MR) is 229 cm³/mol. The molecule has 7 rings (SSSR count). The molecule has 5 aromatic rings. The first-order valence-corrected chi connectivity index (χ1v) is 20.6. The van der Waals surface area contributed by atoms with E-state index in [1.165, 1.54) is 14.2 Å². The van der Waals surface area contributed by atoms with Crippen LogP contribution >= 0.6 is 0 Å². The van der Waals surface area contributed by atoms with Crippen molar-refractivity contribution < 1.29 is 23.5 Å². The number of H-pyrrole nitrogens is 2. The van der Waals surface area contributed by atoms with Gasteiger partial charge in [0, 0.05) is 25.1 Å². The maximum Gasteiger partial charge on any atom is 0.292 e. The summed E-state index contributed by atoms with van der Waals surface area (Å²) in [6, 6.07) is 22.8. The second kappa shape index (κ2) is 21.4. The third-order valence-electron chi connectivity index (χ3n) is 10.9. The Hall–Kier alpha value is -5.66. The summed E-state index contributed by atoms with van der Waals surface area (Å²) in [4.78, 5) is 58.3. The predicted octanol–water partition coefficient (Wildman–Crippen LogP) is 8.09. The molecule has 12 nitrogen and oxygen atoms in total. The summed E-state index contributed by atoms with van der Waals surface area (Å²) < 4.78 is 19.5. The van der Waals surface area contributed by atoms with Gasteiger partial charge in [-0.1, -0.05) is 88.4 Å². The molecule has 2 aromatic heterocycles. The van der Waals surface area contributed by atoms with Crippen molar-refractivity contribution in [1.82, 2.24) is 34.6 Å². The highest BCUT2D eigenvalue weighted by Gasteiger charge is 2.38. The van der Waals surface area contributed by atoms with Gasteiger partial charge in [0.1, 0.15) is 23.5 Å². The molecule has 0 unspecified atom stereocenters. The van der Waals surface area contributed by atoms with Crippen LogP contribution in [0.2, 0.25) is 0 Å². The zero-order valence-corrected chi connectivity index (χ0v) is 35.2. The molecule has 13 heteroatoms. The zero-order valence-electron chi connectivity index (χ0n) is 35.2. The first kappa shape index (κ1) is 44.4. The Kier molecular flexibility index (Phi) is 16.1. The number of carbonyl (C=O) groups excluding carboxylic acids is 3. The lowest BCUT2D eigenvalue weighted by atomic mass is 10.0. The third-order valence-corrected chi connectivity index (χ3v) is 10.9. The second-order valence-electron chi connectivity index (χ2n) is 15.0. The fourth-order valence-electron chi connectivity index (χ4n) is 8.07. The summed E-state index contributed by atoms with van der Waals surface area (Å²) in [5, 5.41) is 0. The Labute approximate surface area is 347 Å². The number of likely N-dealkylation sites (tertiary alicyclic amines) is 2. The maximum absolute atomic E-state index is 15.6. The van der Waals surface area contributed by atoms with Gasteiger partial charge >= 0.3 is 0 Å². The number of nitrogens with zero attached hydrogens (tertiary/aromatic N) is 5. The van der Waals surface area contributed by atoms with Gasteiger partial charge in [-0.2, -0.15) is 0 Å². The fourth-order valence-corrected chi connectivity index (χ4v) is 8.07. The van der Waals surface area contributed by atoms with Crippen LogP contribution in [0.3, 0.4) is 0 Å². The topological polar surface area (TPSA) is 154 Å². The van der Waals surface area contributed by atoms with Crippen LogP contribution in [0.25, 0.3) is 33.6 Å². The molecule has 2 aliphatic heterocycles. The Balaban J connectivity index is 0.00000104. The van der Waals surface area contributed by atoms with E-state index in [1.807, 2.05) is 76.7 Å². The van der Waals surface area contributed by atoms with E-state index in [-0.39, 0.29) is 35.8 Å². The lowest BCUT2D eigenvalue weighted by molar-refractivity contribution is -0.138. The number of aromatic amines is 2. The van der Waals surface area contributed by atoms with Crippen molar-refractivity contribution in [2.75, 3.05) is 40.3 Å². The smallest absolute Gasteiger partial charge is 0.292 e. The van der Waals surface area contributed by atoms with Crippen LogP contribution in [-0.4, -0.2) is 93.3 Å². The van der Waals surface area contributed by atoms with Crippen molar-refractivity contribution in [3.05, 3.63) is 108 Å². The number of nitrogens with two attached hydrogens (primary N) is 1. The monoisotopic (exact) mass is 806 g/mol. The molecule has 0 radical (unpaired) electrons. The number of ether oxygens (including phenoxy) is 1.